The molecule has 0 radical (unpaired) electrons. The fraction of sp³-hybridized carbons (Fsp3) is 0.562. The first kappa shape index (κ1) is 15.6. The maximum atomic E-state index is 12.0. The molecule has 1 saturated heterocycles. The summed E-state index contributed by atoms with van der Waals surface area (Å²) >= 11 is 0. The van der Waals surface area contributed by atoms with Gasteiger partial charge >= 0.3 is 0 Å². The van der Waals surface area contributed by atoms with Crippen LogP contribution >= 0.6 is 0 Å². The number of nitrogens with zero attached hydrogens (tertiary/aromatic N) is 1. The number of anilines is 2. The second kappa shape index (κ2) is 7.31. The van der Waals surface area contributed by atoms with Crippen LogP contribution in [0.5, 0.6) is 0 Å². The van der Waals surface area contributed by atoms with E-state index in [0.717, 1.165) is 38.2 Å². The molecule has 1 amide bonds. The third-order valence-corrected chi connectivity index (χ3v) is 3.75. The number of carbonyl (C=O) groups is 1. The highest BCUT2D eigenvalue weighted by atomic mass is 16.5. The zero-order valence-corrected chi connectivity index (χ0v) is 12.9. The highest BCUT2D eigenvalue weighted by Crippen LogP contribution is 2.28. The minimum absolute atomic E-state index is 0.0582. The molecule has 3 N–H and O–H groups in total. The van der Waals surface area contributed by atoms with Crippen LogP contribution in [0.25, 0.3) is 0 Å². The van der Waals surface area contributed by atoms with Gasteiger partial charge in [-0.05, 0) is 44.9 Å². The molecule has 1 heterocycles. The van der Waals surface area contributed by atoms with Gasteiger partial charge in [0.05, 0.1) is 17.5 Å². The van der Waals surface area contributed by atoms with Gasteiger partial charge in [-0.15, -0.1) is 0 Å². The monoisotopic (exact) mass is 291 g/mol. The predicted molar refractivity (Wildman–Crippen MR) is 85.7 cm³/mol. The molecular weight excluding hydrogens is 266 g/mol. The third kappa shape index (κ3) is 3.88. The molecule has 0 aromatic heterocycles. The van der Waals surface area contributed by atoms with Crippen molar-refractivity contribution in [3.8, 4) is 0 Å². The Morgan fingerprint density at radius 3 is 3.00 bits per heavy atom. The molecule has 1 atom stereocenters. The number of rotatable bonds is 5. The van der Waals surface area contributed by atoms with Crippen molar-refractivity contribution in [2.45, 2.75) is 32.8 Å². The van der Waals surface area contributed by atoms with Crippen LogP contribution in [0.15, 0.2) is 18.2 Å². The summed E-state index contributed by atoms with van der Waals surface area (Å²) in [6.07, 6.45) is 2.41. The van der Waals surface area contributed by atoms with Crippen LogP contribution in [0.1, 0.15) is 37.0 Å². The second-order valence-corrected chi connectivity index (χ2v) is 5.30. The molecule has 21 heavy (non-hydrogen) atoms. The lowest BCUT2D eigenvalue weighted by Gasteiger charge is -2.35. The Bertz CT molecular complexity index is 488. The molecule has 1 fully saturated rings. The number of nitrogens with one attached hydrogen (secondary N) is 1. The van der Waals surface area contributed by atoms with Crippen LogP contribution < -0.4 is 16.0 Å². The average Bonchev–Trinajstić information content (AvgIpc) is 2.48. The Balaban J connectivity index is 2.17. The molecule has 2 rings (SSSR count). The number of piperidine rings is 1. The van der Waals surface area contributed by atoms with Gasteiger partial charge in [-0.25, -0.2) is 0 Å². The van der Waals surface area contributed by atoms with Crippen molar-refractivity contribution in [2.75, 3.05) is 36.9 Å². The molecule has 5 heteroatoms. The lowest BCUT2D eigenvalue weighted by atomic mass is 10.1. The standard InChI is InChI=1S/C16H25N3O2/c1-3-18-16(20)12-7-8-14(17)15(10-12)19-9-5-6-13(11-19)21-4-2/h7-8,10,13H,3-6,9,11,17H2,1-2H3,(H,18,20). The fourth-order valence-electron chi connectivity index (χ4n) is 2.75. The topological polar surface area (TPSA) is 67.6 Å². The Morgan fingerprint density at radius 1 is 1.48 bits per heavy atom. The number of carbonyl (C=O) groups excluding carboxylic acids is 1. The quantitative estimate of drug-likeness (QED) is 0.815. The van der Waals surface area contributed by atoms with Crippen molar-refractivity contribution >= 4 is 17.3 Å². The number of ether oxygens (including phenoxy) is 1. The molecule has 116 valence electrons. The molecule has 1 unspecified atom stereocenters. The van der Waals surface area contributed by atoms with Gasteiger partial charge in [-0.2, -0.15) is 0 Å². The van der Waals surface area contributed by atoms with Crippen molar-refractivity contribution < 1.29 is 9.53 Å². The molecule has 1 aromatic carbocycles. The highest BCUT2D eigenvalue weighted by molar-refractivity contribution is 5.96. The van der Waals surface area contributed by atoms with Crippen molar-refractivity contribution in [3.05, 3.63) is 23.8 Å². The van der Waals surface area contributed by atoms with Crippen molar-refractivity contribution in [1.29, 1.82) is 0 Å². The first-order chi connectivity index (χ1) is 10.2. The fourth-order valence-corrected chi connectivity index (χ4v) is 2.75. The van der Waals surface area contributed by atoms with Gasteiger partial charge in [0.25, 0.3) is 5.91 Å². The van der Waals surface area contributed by atoms with E-state index >= 15 is 0 Å². The summed E-state index contributed by atoms with van der Waals surface area (Å²) in [6, 6.07) is 5.46. The molecule has 0 aliphatic carbocycles. The number of nitrogens with two attached hydrogens (primary N) is 1. The molecule has 1 aliphatic rings. The summed E-state index contributed by atoms with van der Waals surface area (Å²) < 4.78 is 5.73. The molecule has 0 bridgehead atoms. The Morgan fingerprint density at radius 2 is 2.29 bits per heavy atom. The average molecular weight is 291 g/mol. The molecule has 1 aliphatic heterocycles. The summed E-state index contributed by atoms with van der Waals surface area (Å²) in [6.45, 7) is 7.06. The molecule has 0 saturated carbocycles. The molecule has 0 spiro atoms. The largest absolute Gasteiger partial charge is 0.397 e. The van der Waals surface area contributed by atoms with E-state index in [1.165, 1.54) is 0 Å². The summed E-state index contributed by atoms with van der Waals surface area (Å²) in [5.74, 6) is -0.0582. The van der Waals surface area contributed by atoms with Gasteiger partial charge in [-0.3, -0.25) is 4.79 Å². The highest BCUT2D eigenvalue weighted by Gasteiger charge is 2.22. The Hall–Kier alpha value is -1.75. The lowest BCUT2D eigenvalue weighted by molar-refractivity contribution is 0.0527. The van der Waals surface area contributed by atoms with Crippen molar-refractivity contribution in [1.82, 2.24) is 5.32 Å². The Labute approximate surface area is 126 Å². The lowest BCUT2D eigenvalue weighted by Crippen LogP contribution is -2.40. The molecular formula is C16H25N3O2. The summed E-state index contributed by atoms with van der Waals surface area (Å²) in [7, 11) is 0. The Kier molecular flexibility index (Phi) is 5.44. The first-order valence-electron chi connectivity index (χ1n) is 7.70. The van der Waals surface area contributed by atoms with E-state index in [9.17, 15) is 4.79 Å². The maximum Gasteiger partial charge on any atom is 0.251 e. The summed E-state index contributed by atoms with van der Waals surface area (Å²) in [5.41, 5.74) is 8.39. The van der Waals surface area contributed by atoms with Gasteiger partial charge in [0.1, 0.15) is 0 Å². The number of amides is 1. The summed E-state index contributed by atoms with van der Waals surface area (Å²) in [4.78, 5) is 14.2. The van der Waals surface area contributed by atoms with E-state index in [1.54, 1.807) is 6.07 Å². The second-order valence-electron chi connectivity index (χ2n) is 5.30. The molecule has 1 aromatic rings. The smallest absolute Gasteiger partial charge is 0.251 e. The normalized spacial score (nSPS) is 18.6. The molecule has 5 nitrogen and oxygen atoms in total. The van der Waals surface area contributed by atoms with Gasteiger partial charge in [-0.1, -0.05) is 0 Å². The van der Waals surface area contributed by atoms with Gasteiger partial charge in [0, 0.05) is 31.8 Å². The van der Waals surface area contributed by atoms with Crippen LogP contribution in [0.4, 0.5) is 11.4 Å². The number of hydrogen-bond donors (Lipinski definition) is 2. The van der Waals surface area contributed by atoms with Gasteiger partial charge in [0.2, 0.25) is 0 Å². The predicted octanol–water partition coefficient (Wildman–Crippen LogP) is 2.02. The van der Waals surface area contributed by atoms with E-state index < -0.39 is 0 Å². The van der Waals surface area contributed by atoms with E-state index in [-0.39, 0.29) is 12.0 Å². The van der Waals surface area contributed by atoms with Crippen LogP contribution in [0, 0.1) is 0 Å². The minimum atomic E-state index is -0.0582. The SMILES string of the molecule is CCNC(=O)c1ccc(N)c(N2CCCC(OCC)C2)c1. The maximum absolute atomic E-state index is 12.0. The zero-order chi connectivity index (χ0) is 15.2. The van der Waals surface area contributed by atoms with E-state index in [0.29, 0.717) is 17.8 Å². The van der Waals surface area contributed by atoms with Crippen LogP contribution in [-0.4, -0.2) is 38.3 Å². The van der Waals surface area contributed by atoms with Crippen molar-refractivity contribution in [3.63, 3.8) is 0 Å². The van der Waals surface area contributed by atoms with E-state index in [1.807, 2.05) is 26.0 Å². The van der Waals surface area contributed by atoms with Gasteiger partial charge < -0.3 is 20.7 Å². The zero-order valence-electron chi connectivity index (χ0n) is 12.9. The first-order valence-corrected chi connectivity index (χ1v) is 7.70. The number of benzene rings is 1. The number of hydrogen-bond acceptors (Lipinski definition) is 4. The van der Waals surface area contributed by atoms with Gasteiger partial charge in [0.15, 0.2) is 0 Å². The van der Waals surface area contributed by atoms with E-state index in [4.69, 9.17) is 10.5 Å². The van der Waals surface area contributed by atoms with Crippen LogP contribution in [0.2, 0.25) is 0 Å². The summed E-state index contributed by atoms with van der Waals surface area (Å²) in [5, 5.41) is 2.82. The van der Waals surface area contributed by atoms with Crippen LogP contribution in [0.3, 0.4) is 0 Å². The van der Waals surface area contributed by atoms with Crippen LogP contribution in [-0.2, 0) is 4.74 Å². The van der Waals surface area contributed by atoms with Crippen molar-refractivity contribution in [2.24, 2.45) is 0 Å². The number of nitrogen functional groups attached to an aromatic ring is 1. The minimum Gasteiger partial charge on any atom is -0.397 e. The van der Waals surface area contributed by atoms with E-state index in [2.05, 4.69) is 10.2 Å². The third-order valence-electron chi connectivity index (χ3n) is 3.75.